The van der Waals surface area contributed by atoms with E-state index in [1.54, 1.807) is 13.0 Å². The summed E-state index contributed by atoms with van der Waals surface area (Å²) in [6, 6.07) is 4.36. The highest BCUT2D eigenvalue weighted by molar-refractivity contribution is 6.18. The smallest absolute Gasteiger partial charge is 0.264 e. The van der Waals surface area contributed by atoms with Crippen LogP contribution in [0.15, 0.2) is 18.2 Å². The Kier molecular flexibility index (Phi) is 4.21. The Hall–Kier alpha value is -0.960. The van der Waals surface area contributed by atoms with Gasteiger partial charge in [0, 0.05) is 23.4 Å². The molecular weight excluding hydrogens is 222 g/mol. The van der Waals surface area contributed by atoms with E-state index in [9.17, 15) is 13.6 Å². The Morgan fingerprint density at radius 3 is 2.60 bits per heavy atom. The summed E-state index contributed by atoms with van der Waals surface area (Å²) < 4.78 is 25.3. The molecule has 0 saturated carbocycles. The van der Waals surface area contributed by atoms with Crippen LogP contribution >= 0.6 is 11.6 Å². The lowest BCUT2D eigenvalue weighted by atomic mass is 9.97. The first-order valence-corrected chi connectivity index (χ1v) is 5.14. The highest BCUT2D eigenvalue weighted by Gasteiger charge is 2.19. The third kappa shape index (κ3) is 2.53. The van der Waals surface area contributed by atoms with Gasteiger partial charge < -0.3 is 0 Å². The van der Waals surface area contributed by atoms with Crippen molar-refractivity contribution in [2.45, 2.75) is 25.7 Å². The zero-order chi connectivity index (χ0) is 11.4. The maximum Gasteiger partial charge on any atom is 0.264 e. The standard InChI is InChI=1S/C11H11ClF2O/c1-2-9(15)10-7(6-12)4-3-5-8(10)11(13)14/h3-5,11H,2,6H2,1H3. The van der Waals surface area contributed by atoms with Gasteiger partial charge in [-0.25, -0.2) is 8.78 Å². The molecule has 0 unspecified atom stereocenters. The van der Waals surface area contributed by atoms with E-state index >= 15 is 0 Å². The Morgan fingerprint density at radius 1 is 1.47 bits per heavy atom. The van der Waals surface area contributed by atoms with Crippen LogP contribution in [0.25, 0.3) is 0 Å². The summed E-state index contributed by atoms with van der Waals surface area (Å²) in [7, 11) is 0. The molecule has 0 amide bonds. The summed E-state index contributed by atoms with van der Waals surface area (Å²) in [6.45, 7) is 1.64. The lowest BCUT2D eigenvalue weighted by Gasteiger charge is -2.10. The number of hydrogen-bond donors (Lipinski definition) is 0. The van der Waals surface area contributed by atoms with Crippen LogP contribution in [0.5, 0.6) is 0 Å². The van der Waals surface area contributed by atoms with Gasteiger partial charge in [-0.1, -0.05) is 25.1 Å². The molecule has 15 heavy (non-hydrogen) atoms. The molecule has 0 fully saturated rings. The number of alkyl halides is 3. The van der Waals surface area contributed by atoms with Gasteiger partial charge in [0.15, 0.2) is 5.78 Å². The van der Waals surface area contributed by atoms with E-state index in [1.165, 1.54) is 12.1 Å². The molecule has 0 atom stereocenters. The molecule has 1 rings (SSSR count). The number of Topliss-reactive ketones (excluding diaryl/α,β-unsaturated/α-hetero) is 1. The van der Waals surface area contributed by atoms with Crippen LogP contribution in [0.2, 0.25) is 0 Å². The van der Waals surface area contributed by atoms with Crippen molar-refractivity contribution < 1.29 is 13.6 Å². The van der Waals surface area contributed by atoms with Crippen molar-refractivity contribution in [3.05, 3.63) is 34.9 Å². The quantitative estimate of drug-likeness (QED) is 0.567. The Morgan fingerprint density at radius 2 is 2.13 bits per heavy atom. The number of rotatable bonds is 4. The monoisotopic (exact) mass is 232 g/mol. The highest BCUT2D eigenvalue weighted by Crippen LogP contribution is 2.27. The molecule has 0 radical (unpaired) electrons. The third-order valence-corrected chi connectivity index (χ3v) is 2.45. The van der Waals surface area contributed by atoms with Crippen LogP contribution < -0.4 is 0 Å². The van der Waals surface area contributed by atoms with Crippen molar-refractivity contribution >= 4 is 17.4 Å². The van der Waals surface area contributed by atoms with Crippen molar-refractivity contribution in [2.75, 3.05) is 0 Å². The lowest BCUT2D eigenvalue weighted by molar-refractivity contribution is 0.0973. The largest absolute Gasteiger partial charge is 0.294 e. The third-order valence-electron chi connectivity index (χ3n) is 2.16. The number of halogens is 3. The summed E-state index contributed by atoms with van der Waals surface area (Å²) in [5, 5.41) is 0. The van der Waals surface area contributed by atoms with Crippen molar-refractivity contribution in [3.63, 3.8) is 0 Å². The van der Waals surface area contributed by atoms with Gasteiger partial charge in [-0.15, -0.1) is 11.6 Å². The van der Waals surface area contributed by atoms with E-state index in [-0.39, 0.29) is 29.2 Å². The molecule has 1 nitrogen and oxygen atoms in total. The first kappa shape index (κ1) is 12.1. The molecule has 0 saturated heterocycles. The van der Waals surface area contributed by atoms with E-state index in [1.807, 2.05) is 0 Å². The molecule has 0 bridgehead atoms. The minimum atomic E-state index is -2.64. The van der Waals surface area contributed by atoms with Crippen LogP contribution in [-0.2, 0) is 5.88 Å². The zero-order valence-electron chi connectivity index (χ0n) is 8.27. The van der Waals surface area contributed by atoms with E-state index in [0.29, 0.717) is 5.56 Å². The van der Waals surface area contributed by atoms with Gasteiger partial charge >= 0.3 is 0 Å². The predicted molar refractivity (Wildman–Crippen MR) is 55.6 cm³/mol. The molecule has 0 spiro atoms. The van der Waals surface area contributed by atoms with E-state index in [0.717, 1.165) is 0 Å². The molecular formula is C11H11ClF2O. The van der Waals surface area contributed by atoms with Gasteiger partial charge in [0.2, 0.25) is 0 Å². The maximum absolute atomic E-state index is 12.6. The lowest BCUT2D eigenvalue weighted by Crippen LogP contribution is -2.06. The summed E-state index contributed by atoms with van der Waals surface area (Å²) in [5.74, 6) is -0.219. The molecule has 0 aliphatic carbocycles. The molecule has 1 aromatic rings. The molecule has 4 heteroatoms. The van der Waals surface area contributed by atoms with E-state index in [2.05, 4.69) is 0 Å². The molecule has 0 aromatic heterocycles. The van der Waals surface area contributed by atoms with Crippen molar-refractivity contribution in [1.82, 2.24) is 0 Å². The van der Waals surface area contributed by atoms with Gasteiger partial charge in [-0.2, -0.15) is 0 Å². The highest BCUT2D eigenvalue weighted by atomic mass is 35.5. The molecule has 0 N–H and O–H groups in total. The number of benzene rings is 1. The van der Waals surface area contributed by atoms with Gasteiger partial charge in [0.1, 0.15) is 0 Å². The molecule has 1 aromatic carbocycles. The fourth-order valence-corrected chi connectivity index (χ4v) is 1.65. The number of carbonyl (C=O) groups excluding carboxylic acids is 1. The van der Waals surface area contributed by atoms with Crippen LogP contribution in [0.1, 0.15) is 41.3 Å². The molecule has 82 valence electrons. The minimum Gasteiger partial charge on any atom is -0.294 e. The van der Waals surface area contributed by atoms with Crippen LogP contribution in [0.4, 0.5) is 8.78 Å². The second-order valence-corrected chi connectivity index (χ2v) is 3.36. The van der Waals surface area contributed by atoms with Crippen LogP contribution in [0, 0.1) is 0 Å². The van der Waals surface area contributed by atoms with Gasteiger partial charge in [-0.3, -0.25) is 4.79 Å². The van der Waals surface area contributed by atoms with E-state index in [4.69, 9.17) is 11.6 Å². The SMILES string of the molecule is CCC(=O)c1c(CCl)cccc1C(F)F. The second kappa shape index (κ2) is 5.21. The summed E-state index contributed by atoms with van der Waals surface area (Å²) in [5.41, 5.74) is 0.339. The number of hydrogen-bond acceptors (Lipinski definition) is 1. The topological polar surface area (TPSA) is 17.1 Å². The normalized spacial score (nSPS) is 10.7. The van der Waals surface area contributed by atoms with Crippen LogP contribution in [-0.4, -0.2) is 5.78 Å². The first-order valence-electron chi connectivity index (χ1n) is 4.60. The number of ketones is 1. The number of carbonyl (C=O) groups is 1. The second-order valence-electron chi connectivity index (χ2n) is 3.09. The zero-order valence-corrected chi connectivity index (χ0v) is 9.02. The average Bonchev–Trinajstić information content (AvgIpc) is 2.26. The fourth-order valence-electron chi connectivity index (χ4n) is 1.43. The fraction of sp³-hybridized carbons (Fsp3) is 0.364. The van der Waals surface area contributed by atoms with Crippen LogP contribution in [0.3, 0.4) is 0 Å². The first-order chi connectivity index (χ1) is 7.11. The molecule has 0 aliphatic heterocycles. The van der Waals surface area contributed by atoms with Gasteiger partial charge in [0.25, 0.3) is 6.43 Å². The summed E-state index contributed by atoms with van der Waals surface area (Å²) in [6.07, 6.45) is -2.44. The van der Waals surface area contributed by atoms with E-state index < -0.39 is 6.43 Å². The maximum atomic E-state index is 12.6. The summed E-state index contributed by atoms with van der Waals surface area (Å²) in [4.78, 5) is 11.5. The average molecular weight is 233 g/mol. The Balaban J connectivity index is 3.33. The van der Waals surface area contributed by atoms with Crippen molar-refractivity contribution in [3.8, 4) is 0 Å². The van der Waals surface area contributed by atoms with Gasteiger partial charge in [-0.05, 0) is 5.56 Å². The van der Waals surface area contributed by atoms with Crippen molar-refractivity contribution in [2.24, 2.45) is 0 Å². The summed E-state index contributed by atoms with van der Waals surface area (Å²) >= 11 is 5.61. The molecule has 0 aliphatic rings. The Bertz CT molecular complexity index is 364. The Labute approximate surface area is 92.1 Å². The van der Waals surface area contributed by atoms with Gasteiger partial charge in [0.05, 0.1) is 0 Å². The minimum absolute atomic E-state index is 0.0711. The van der Waals surface area contributed by atoms with Crippen molar-refractivity contribution in [1.29, 1.82) is 0 Å². The molecule has 0 heterocycles. The predicted octanol–water partition coefficient (Wildman–Crippen LogP) is 3.96.